The highest BCUT2D eigenvalue weighted by atomic mass is 35.5. The minimum Gasteiger partial charge on any atom is -0.219 e. The SMILES string of the molecule is ClCc1nc(Cl)c2cnn(-c3ccccc3)c2n1. The highest BCUT2D eigenvalue weighted by Crippen LogP contribution is 2.22. The Morgan fingerprint density at radius 3 is 2.61 bits per heavy atom. The van der Waals surface area contributed by atoms with Crippen LogP contribution in [-0.4, -0.2) is 19.7 Å². The lowest BCUT2D eigenvalue weighted by atomic mass is 10.3. The average Bonchev–Trinajstić information content (AvgIpc) is 2.84. The number of nitrogens with zero attached hydrogens (tertiary/aromatic N) is 4. The summed E-state index contributed by atoms with van der Waals surface area (Å²) in [5.74, 6) is 0.710. The van der Waals surface area contributed by atoms with Crippen LogP contribution in [-0.2, 0) is 5.88 Å². The lowest BCUT2D eigenvalue weighted by Crippen LogP contribution is -2.00. The Balaban J connectivity index is 2.28. The first-order chi connectivity index (χ1) is 8.79. The summed E-state index contributed by atoms with van der Waals surface area (Å²) in [7, 11) is 0. The fraction of sp³-hybridized carbons (Fsp3) is 0.0833. The Bertz CT molecular complexity index is 694. The van der Waals surface area contributed by atoms with Crippen LogP contribution in [0.25, 0.3) is 16.7 Å². The molecule has 90 valence electrons. The summed E-state index contributed by atoms with van der Waals surface area (Å²) in [5.41, 5.74) is 1.58. The van der Waals surface area contributed by atoms with Gasteiger partial charge in [-0.1, -0.05) is 29.8 Å². The summed E-state index contributed by atoms with van der Waals surface area (Å²) in [6, 6.07) is 9.72. The van der Waals surface area contributed by atoms with Gasteiger partial charge in [0.1, 0.15) is 11.0 Å². The maximum absolute atomic E-state index is 6.08. The summed E-state index contributed by atoms with van der Waals surface area (Å²) < 4.78 is 1.72. The highest BCUT2D eigenvalue weighted by Gasteiger charge is 2.11. The third kappa shape index (κ3) is 1.83. The number of alkyl halides is 1. The van der Waals surface area contributed by atoms with Crippen molar-refractivity contribution in [1.29, 1.82) is 0 Å². The highest BCUT2D eigenvalue weighted by molar-refractivity contribution is 6.34. The second-order valence-corrected chi connectivity index (χ2v) is 4.32. The third-order valence-corrected chi connectivity index (χ3v) is 3.08. The Morgan fingerprint density at radius 2 is 1.89 bits per heavy atom. The van der Waals surface area contributed by atoms with E-state index in [-0.39, 0.29) is 5.88 Å². The van der Waals surface area contributed by atoms with Crippen LogP contribution in [0.15, 0.2) is 36.5 Å². The molecule has 0 N–H and O–H groups in total. The van der Waals surface area contributed by atoms with Crippen molar-refractivity contribution in [2.45, 2.75) is 5.88 Å². The summed E-state index contributed by atoms with van der Waals surface area (Å²) in [6.45, 7) is 0. The summed E-state index contributed by atoms with van der Waals surface area (Å²) in [6.07, 6.45) is 1.66. The lowest BCUT2D eigenvalue weighted by molar-refractivity contribution is 0.888. The molecule has 0 saturated heterocycles. The molecule has 0 bridgehead atoms. The van der Waals surface area contributed by atoms with Gasteiger partial charge >= 0.3 is 0 Å². The normalized spacial score (nSPS) is 11.0. The molecule has 4 nitrogen and oxygen atoms in total. The molecular formula is C12H8Cl2N4. The van der Waals surface area contributed by atoms with Crippen LogP contribution >= 0.6 is 23.2 Å². The van der Waals surface area contributed by atoms with E-state index in [0.717, 1.165) is 11.1 Å². The van der Waals surface area contributed by atoms with Crippen LogP contribution in [0.1, 0.15) is 5.82 Å². The minimum absolute atomic E-state index is 0.218. The van der Waals surface area contributed by atoms with Gasteiger partial charge in [-0.25, -0.2) is 14.6 Å². The number of aromatic nitrogens is 4. The lowest BCUT2D eigenvalue weighted by Gasteiger charge is -2.03. The molecule has 2 heterocycles. The number of rotatable bonds is 2. The standard InChI is InChI=1S/C12H8Cl2N4/c13-6-10-16-11(14)9-7-15-18(12(9)17-10)8-4-2-1-3-5-8/h1-5,7H,6H2. The van der Waals surface area contributed by atoms with Gasteiger partial charge in [-0.3, -0.25) is 0 Å². The van der Waals surface area contributed by atoms with Gasteiger partial charge in [0, 0.05) is 0 Å². The quantitative estimate of drug-likeness (QED) is 0.534. The van der Waals surface area contributed by atoms with Crippen LogP contribution in [0.2, 0.25) is 5.15 Å². The van der Waals surface area contributed by atoms with E-state index in [9.17, 15) is 0 Å². The van der Waals surface area contributed by atoms with E-state index in [1.54, 1.807) is 10.9 Å². The van der Waals surface area contributed by atoms with Gasteiger partial charge in [-0.05, 0) is 12.1 Å². The van der Waals surface area contributed by atoms with E-state index < -0.39 is 0 Å². The Morgan fingerprint density at radius 1 is 1.11 bits per heavy atom. The zero-order valence-corrected chi connectivity index (χ0v) is 10.7. The first-order valence-electron chi connectivity index (χ1n) is 5.31. The number of para-hydroxylation sites is 1. The van der Waals surface area contributed by atoms with Crippen molar-refractivity contribution in [3.63, 3.8) is 0 Å². The largest absolute Gasteiger partial charge is 0.219 e. The van der Waals surface area contributed by atoms with Gasteiger partial charge in [-0.2, -0.15) is 5.10 Å². The van der Waals surface area contributed by atoms with E-state index in [1.807, 2.05) is 30.3 Å². The van der Waals surface area contributed by atoms with E-state index in [1.165, 1.54) is 0 Å². The molecule has 0 atom stereocenters. The molecule has 0 spiro atoms. The number of hydrogen-bond donors (Lipinski definition) is 0. The maximum atomic E-state index is 6.08. The maximum Gasteiger partial charge on any atom is 0.168 e. The second kappa shape index (κ2) is 4.55. The van der Waals surface area contributed by atoms with Gasteiger partial charge in [0.2, 0.25) is 0 Å². The Hall–Kier alpha value is -1.65. The monoisotopic (exact) mass is 278 g/mol. The molecule has 0 aliphatic rings. The second-order valence-electron chi connectivity index (χ2n) is 3.69. The first-order valence-corrected chi connectivity index (χ1v) is 6.22. The molecule has 3 aromatic rings. The van der Waals surface area contributed by atoms with Gasteiger partial charge in [0.15, 0.2) is 5.65 Å². The Kier molecular flexibility index (Phi) is 2.89. The van der Waals surface area contributed by atoms with E-state index >= 15 is 0 Å². The molecule has 0 radical (unpaired) electrons. The smallest absolute Gasteiger partial charge is 0.168 e. The molecule has 18 heavy (non-hydrogen) atoms. The van der Waals surface area contributed by atoms with Crippen LogP contribution in [0.5, 0.6) is 0 Å². The molecule has 2 aromatic heterocycles. The Labute approximate surface area is 113 Å². The van der Waals surface area contributed by atoms with Crippen molar-refractivity contribution in [3.8, 4) is 5.69 Å². The van der Waals surface area contributed by atoms with Crippen LogP contribution in [0, 0.1) is 0 Å². The van der Waals surface area contributed by atoms with Gasteiger partial charge < -0.3 is 0 Å². The summed E-state index contributed by atoms with van der Waals surface area (Å²) in [5, 5.41) is 5.38. The van der Waals surface area contributed by atoms with E-state index in [2.05, 4.69) is 15.1 Å². The zero-order valence-electron chi connectivity index (χ0n) is 9.22. The number of hydrogen-bond acceptors (Lipinski definition) is 3. The molecule has 6 heteroatoms. The van der Waals surface area contributed by atoms with E-state index in [4.69, 9.17) is 23.2 Å². The minimum atomic E-state index is 0.218. The average molecular weight is 279 g/mol. The third-order valence-electron chi connectivity index (χ3n) is 2.55. The van der Waals surface area contributed by atoms with Crippen LogP contribution in [0.4, 0.5) is 0 Å². The van der Waals surface area contributed by atoms with Gasteiger partial charge in [0.05, 0.1) is 23.2 Å². The molecule has 0 saturated carbocycles. The predicted octanol–water partition coefficient (Wildman–Crippen LogP) is 3.21. The predicted molar refractivity (Wildman–Crippen MR) is 71.2 cm³/mol. The van der Waals surface area contributed by atoms with Crippen LogP contribution < -0.4 is 0 Å². The fourth-order valence-electron chi connectivity index (χ4n) is 1.73. The van der Waals surface area contributed by atoms with Gasteiger partial charge in [-0.15, -0.1) is 11.6 Å². The van der Waals surface area contributed by atoms with Crippen molar-refractivity contribution in [2.24, 2.45) is 0 Å². The van der Waals surface area contributed by atoms with Gasteiger partial charge in [0.25, 0.3) is 0 Å². The molecule has 1 aromatic carbocycles. The molecule has 0 aliphatic carbocycles. The van der Waals surface area contributed by atoms with Crippen molar-refractivity contribution in [2.75, 3.05) is 0 Å². The number of benzene rings is 1. The molecule has 0 amide bonds. The molecule has 0 unspecified atom stereocenters. The summed E-state index contributed by atoms with van der Waals surface area (Å²) in [4.78, 5) is 8.46. The van der Waals surface area contributed by atoms with Crippen molar-refractivity contribution in [1.82, 2.24) is 19.7 Å². The van der Waals surface area contributed by atoms with Crippen molar-refractivity contribution in [3.05, 3.63) is 47.5 Å². The molecule has 0 aliphatic heterocycles. The number of fused-ring (bicyclic) bond motifs is 1. The topological polar surface area (TPSA) is 43.6 Å². The van der Waals surface area contributed by atoms with Crippen molar-refractivity contribution < 1.29 is 0 Å². The van der Waals surface area contributed by atoms with Crippen LogP contribution in [0.3, 0.4) is 0 Å². The molecule has 0 fully saturated rings. The molecule has 3 rings (SSSR count). The van der Waals surface area contributed by atoms with E-state index in [0.29, 0.717) is 16.6 Å². The first kappa shape index (κ1) is 11.4. The van der Waals surface area contributed by atoms with Crippen molar-refractivity contribution >= 4 is 34.2 Å². The fourth-order valence-corrected chi connectivity index (χ4v) is 2.08. The number of halogens is 2. The molecular weight excluding hydrogens is 271 g/mol. The zero-order chi connectivity index (χ0) is 12.5. The summed E-state index contributed by atoms with van der Waals surface area (Å²) >= 11 is 11.8.